The van der Waals surface area contributed by atoms with Crippen molar-refractivity contribution >= 4 is 17.4 Å². The zero-order valence-corrected chi connectivity index (χ0v) is 16.5. The number of nitrogens with one attached hydrogen (secondary N) is 1. The second-order valence-corrected chi connectivity index (χ2v) is 8.26. The third-order valence-electron chi connectivity index (χ3n) is 5.37. The molecule has 0 amide bonds. The van der Waals surface area contributed by atoms with Crippen LogP contribution >= 0.6 is 11.3 Å². The molecule has 8 heteroatoms. The maximum absolute atomic E-state index is 12.2. The van der Waals surface area contributed by atoms with Crippen LogP contribution in [0.3, 0.4) is 0 Å². The lowest BCUT2D eigenvalue weighted by Gasteiger charge is -2.38. The number of aromatic nitrogens is 4. The van der Waals surface area contributed by atoms with Crippen molar-refractivity contribution in [2.75, 3.05) is 12.0 Å². The van der Waals surface area contributed by atoms with E-state index in [0.29, 0.717) is 5.82 Å². The van der Waals surface area contributed by atoms with Gasteiger partial charge in [0.1, 0.15) is 6.17 Å². The molecule has 142 valence electrons. The van der Waals surface area contributed by atoms with Crippen LogP contribution in [0.5, 0.6) is 0 Å². The van der Waals surface area contributed by atoms with Crippen molar-refractivity contribution in [2.45, 2.75) is 33.0 Å². The fourth-order valence-electron chi connectivity index (χ4n) is 3.91. The quantitative estimate of drug-likeness (QED) is 0.722. The molecule has 0 aliphatic carbocycles. The molecule has 1 atom stereocenters. The van der Waals surface area contributed by atoms with E-state index in [-0.39, 0.29) is 11.7 Å². The molecular weight excluding hydrogens is 372 g/mol. The molecule has 7 nitrogen and oxygen atoms in total. The lowest BCUT2D eigenvalue weighted by molar-refractivity contribution is 0.205. The maximum Gasteiger partial charge on any atom is 0.272 e. The van der Waals surface area contributed by atoms with Gasteiger partial charge in [-0.2, -0.15) is 0 Å². The van der Waals surface area contributed by atoms with E-state index >= 15 is 0 Å². The highest BCUT2D eigenvalue weighted by atomic mass is 32.1. The van der Waals surface area contributed by atoms with Crippen LogP contribution in [0, 0.1) is 6.92 Å². The van der Waals surface area contributed by atoms with Gasteiger partial charge in [-0.25, -0.2) is 14.6 Å². The summed E-state index contributed by atoms with van der Waals surface area (Å²) in [7, 11) is 0. The number of aryl methyl sites for hydroxylation is 1. The fraction of sp³-hybridized carbons (Fsp3) is 0.300. The third kappa shape index (κ3) is 2.85. The van der Waals surface area contributed by atoms with E-state index in [1.165, 1.54) is 21.2 Å². The second-order valence-electron chi connectivity index (χ2n) is 7.20. The molecule has 0 bridgehead atoms. The van der Waals surface area contributed by atoms with Gasteiger partial charge in [0.15, 0.2) is 5.82 Å². The largest absolute Gasteiger partial charge is 0.300 e. The van der Waals surface area contributed by atoms with Crippen molar-refractivity contribution in [3.8, 4) is 11.3 Å². The van der Waals surface area contributed by atoms with Gasteiger partial charge in [0.2, 0.25) is 0 Å². The first-order valence-corrected chi connectivity index (χ1v) is 10.1. The zero-order chi connectivity index (χ0) is 19.3. The average Bonchev–Trinajstić information content (AvgIpc) is 3.13. The summed E-state index contributed by atoms with van der Waals surface area (Å²) in [6.07, 6.45) is 6.29. The van der Waals surface area contributed by atoms with Gasteiger partial charge in [0.25, 0.3) is 5.56 Å². The Morgan fingerprint density at radius 2 is 2.14 bits per heavy atom. The molecule has 1 N–H and O–H groups in total. The first-order chi connectivity index (χ1) is 13.6. The minimum Gasteiger partial charge on any atom is -0.300 e. The molecule has 28 heavy (non-hydrogen) atoms. The van der Waals surface area contributed by atoms with Crippen LogP contribution in [0.1, 0.15) is 28.9 Å². The average molecular weight is 392 g/mol. The molecule has 0 radical (unpaired) electrons. The number of rotatable bonds is 2. The summed E-state index contributed by atoms with van der Waals surface area (Å²) in [4.78, 5) is 29.2. The molecule has 2 aliphatic rings. The van der Waals surface area contributed by atoms with Crippen LogP contribution in [0.25, 0.3) is 17.3 Å². The van der Waals surface area contributed by atoms with Gasteiger partial charge >= 0.3 is 0 Å². The summed E-state index contributed by atoms with van der Waals surface area (Å²) in [5.41, 5.74) is 10.7. The number of pyridine rings is 1. The molecule has 0 fully saturated rings. The molecule has 3 aromatic rings. The lowest BCUT2D eigenvalue weighted by Crippen LogP contribution is -2.51. The third-order valence-corrected chi connectivity index (χ3v) is 6.12. The molecule has 5 heterocycles. The molecule has 0 spiro atoms. The topological polar surface area (TPSA) is 75.9 Å². The van der Waals surface area contributed by atoms with Crippen LogP contribution in [0.4, 0.5) is 0 Å². The maximum atomic E-state index is 12.2. The summed E-state index contributed by atoms with van der Waals surface area (Å²) >= 11 is 1.65. The first-order valence-electron chi connectivity index (χ1n) is 9.25. The molecule has 0 aromatic carbocycles. The van der Waals surface area contributed by atoms with Crippen LogP contribution in [-0.2, 0) is 13.0 Å². The minimum absolute atomic E-state index is 0.0489. The molecule has 3 aromatic heterocycles. The van der Waals surface area contributed by atoms with Crippen LogP contribution in [-0.4, -0.2) is 37.2 Å². The summed E-state index contributed by atoms with van der Waals surface area (Å²) < 4.78 is 1.53. The minimum atomic E-state index is -0.0980. The molecular formula is C20H20N6OS. The van der Waals surface area contributed by atoms with E-state index in [2.05, 4.69) is 40.2 Å². The predicted octanol–water partition coefficient (Wildman–Crippen LogP) is 2.42. The Kier molecular flexibility index (Phi) is 4.10. The monoisotopic (exact) mass is 392 g/mol. The summed E-state index contributed by atoms with van der Waals surface area (Å²) in [6.45, 7) is 5.81. The number of fused-ring (bicyclic) bond motifs is 2. The lowest BCUT2D eigenvalue weighted by atomic mass is 10.0. The fourth-order valence-corrected chi connectivity index (χ4v) is 4.51. The van der Waals surface area contributed by atoms with Gasteiger partial charge in [0.05, 0.1) is 11.2 Å². The normalized spacial score (nSPS) is 18.8. The number of thiazole rings is 1. The van der Waals surface area contributed by atoms with Crippen molar-refractivity contribution in [3.63, 3.8) is 0 Å². The Bertz CT molecular complexity index is 1150. The SMILES string of the molecule is CC1=Cc2nccc(=O)n2NC1N1CCc2ncc(-c3ncsc3C)cc2C1. The Hall–Kier alpha value is -2.84. The standard InChI is InChI=1S/C20H20N6OS/c1-12-7-17-21-5-3-18(27)26(17)24-20(12)25-6-4-16-15(10-25)8-14(9-22-16)19-13(2)28-11-23-19/h3,5,7-9,11,20,24H,4,6,10H2,1-2H3. The van der Waals surface area contributed by atoms with Crippen LogP contribution in [0.2, 0.25) is 0 Å². The van der Waals surface area contributed by atoms with Crippen molar-refractivity contribution in [1.29, 1.82) is 0 Å². The number of hydrogen-bond donors (Lipinski definition) is 1. The van der Waals surface area contributed by atoms with E-state index in [9.17, 15) is 4.79 Å². The number of hydrogen-bond acceptors (Lipinski definition) is 7. The van der Waals surface area contributed by atoms with Gasteiger partial charge in [-0.05, 0) is 37.1 Å². The molecule has 1 unspecified atom stereocenters. The Balaban J connectivity index is 1.45. The first kappa shape index (κ1) is 17.3. The van der Waals surface area contributed by atoms with E-state index < -0.39 is 0 Å². The predicted molar refractivity (Wildman–Crippen MR) is 109 cm³/mol. The Morgan fingerprint density at radius 3 is 2.96 bits per heavy atom. The van der Waals surface area contributed by atoms with E-state index in [4.69, 9.17) is 4.98 Å². The van der Waals surface area contributed by atoms with Gasteiger partial charge < -0.3 is 0 Å². The molecule has 5 rings (SSSR count). The molecule has 2 aliphatic heterocycles. The molecule has 0 saturated heterocycles. The van der Waals surface area contributed by atoms with Crippen molar-refractivity contribution < 1.29 is 0 Å². The van der Waals surface area contributed by atoms with Crippen molar-refractivity contribution in [2.24, 2.45) is 0 Å². The molecule has 0 saturated carbocycles. The highest BCUT2D eigenvalue weighted by molar-refractivity contribution is 7.10. The van der Waals surface area contributed by atoms with Gasteiger partial charge in [-0.15, -0.1) is 11.3 Å². The van der Waals surface area contributed by atoms with Gasteiger partial charge in [0, 0.05) is 54.1 Å². The zero-order valence-electron chi connectivity index (χ0n) is 15.7. The van der Waals surface area contributed by atoms with Crippen molar-refractivity contribution in [3.05, 3.63) is 67.9 Å². The van der Waals surface area contributed by atoms with Gasteiger partial charge in [-0.3, -0.25) is 20.1 Å². The summed E-state index contributed by atoms with van der Waals surface area (Å²) in [5.74, 6) is 0.640. The highest BCUT2D eigenvalue weighted by Gasteiger charge is 2.29. The smallest absolute Gasteiger partial charge is 0.272 e. The second kappa shape index (κ2) is 6.65. The number of nitrogens with zero attached hydrogens (tertiary/aromatic N) is 5. The van der Waals surface area contributed by atoms with E-state index in [1.54, 1.807) is 17.5 Å². The summed E-state index contributed by atoms with van der Waals surface area (Å²) in [6, 6.07) is 3.68. The Morgan fingerprint density at radius 1 is 1.25 bits per heavy atom. The van der Waals surface area contributed by atoms with E-state index in [0.717, 1.165) is 42.0 Å². The summed E-state index contributed by atoms with van der Waals surface area (Å²) in [5, 5.41) is 0. The Labute approximate surface area is 166 Å². The van der Waals surface area contributed by atoms with Crippen LogP contribution < -0.4 is 11.0 Å². The van der Waals surface area contributed by atoms with Gasteiger partial charge in [-0.1, -0.05) is 0 Å². The highest BCUT2D eigenvalue weighted by Crippen LogP contribution is 2.29. The van der Waals surface area contributed by atoms with E-state index in [1.807, 2.05) is 17.8 Å². The van der Waals surface area contributed by atoms with Crippen LogP contribution in [0.15, 0.2) is 40.4 Å². The van der Waals surface area contributed by atoms with Crippen molar-refractivity contribution in [1.82, 2.24) is 24.5 Å².